The largest absolute Gasteiger partial charge is 0.508 e. The number of phenolic OH excluding ortho intramolecular Hbond substituents is 1. The van der Waals surface area contributed by atoms with Gasteiger partial charge in [0.25, 0.3) is 0 Å². The van der Waals surface area contributed by atoms with Crippen LogP contribution in [0.15, 0.2) is 17.5 Å². The lowest BCUT2D eigenvalue weighted by Gasteiger charge is -2.05. The minimum atomic E-state index is 0.436. The highest BCUT2D eigenvalue weighted by Crippen LogP contribution is 2.33. The summed E-state index contributed by atoms with van der Waals surface area (Å²) in [5.41, 5.74) is 2.24. The summed E-state index contributed by atoms with van der Waals surface area (Å²) in [5, 5.41) is 13.0. The number of phenols is 1. The lowest BCUT2D eigenvalue weighted by molar-refractivity contribution is 0.470. The van der Waals surface area contributed by atoms with Gasteiger partial charge in [-0.3, -0.25) is 0 Å². The van der Waals surface area contributed by atoms with Gasteiger partial charge in [-0.05, 0) is 41.8 Å². The van der Waals surface area contributed by atoms with Crippen LogP contribution in [0.3, 0.4) is 0 Å². The third kappa shape index (κ3) is 1.22. The molecule has 1 aromatic carbocycles. The molecule has 1 nitrogen and oxygen atoms in total. The van der Waals surface area contributed by atoms with Gasteiger partial charge in [0.15, 0.2) is 0 Å². The molecule has 0 aliphatic carbocycles. The van der Waals surface area contributed by atoms with E-state index in [0.29, 0.717) is 5.75 Å². The summed E-state index contributed by atoms with van der Waals surface area (Å²) in [4.78, 5) is 0. The van der Waals surface area contributed by atoms with Crippen LogP contribution in [0, 0.1) is 6.92 Å². The molecule has 1 N–H and O–H groups in total. The van der Waals surface area contributed by atoms with E-state index in [-0.39, 0.29) is 0 Å². The Morgan fingerprint density at radius 2 is 2.23 bits per heavy atom. The van der Waals surface area contributed by atoms with Gasteiger partial charge >= 0.3 is 0 Å². The maximum absolute atomic E-state index is 9.71. The number of thiophene rings is 1. The third-order valence-corrected chi connectivity index (χ3v) is 3.41. The molecule has 2 aromatic rings. The zero-order valence-corrected chi connectivity index (χ0v) is 8.61. The number of aryl methyl sites for hydroxylation is 2. The van der Waals surface area contributed by atoms with Crippen molar-refractivity contribution in [1.82, 2.24) is 0 Å². The molecule has 0 amide bonds. The van der Waals surface area contributed by atoms with Gasteiger partial charge in [-0.25, -0.2) is 0 Å². The van der Waals surface area contributed by atoms with E-state index in [2.05, 4.69) is 18.4 Å². The van der Waals surface area contributed by atoms with Crippen molar-refractivity contribution in [2.45, 2.75) is 20.3 Å². The van der Waals surface area contributed by atoms with Crippen LogP contribution < -0.4 is 0 Å². The minimum absolute atomic E-state index is 0.436. The first-order valence-corrected chi connectivity index (χ1v) is 5.30. The molecular formula is C11H12OS. The molecule has 0 unspecified atom stereocenters. The van der Waals surface area contributed by atoms with E-state index in [1.165, 1.54) is 15.6 Å². The molecule has 0 saturated carbocycles. The van der Waals surface area contributed by atoms with Crippen molar-refractivity contribution in [1.29, 1.82) is 0 Å². The van der Waals surface area contributed by atoms with E-state index in [1.54, 1.807) is 11.3 Å². The van der Waals surface area contributed by atoms with E-state index >= 15 is 0 Å². The minimum Gasteiger partial charge on any atom is -0.508 e. The van der Waals surface area contributed by atoms with Crippen LogP contribution in [-0.4, -0.2) is 5.11 Å². The summed E-state index contributed by atoms with van der Waals surface area (Å²) in [6.07, 6.45) is 0.888. The SMILES string of the molecule is CCc1c(O)cc(C)c2sccc12. The second kappa shape index (κ2) is 3.04. The molecular weight excluding hydrogens is 180 g/mol. The zero-order chi connectivity index (χ0) is 9.42. The molecule has 0 fully saturated rings. The molecule has 0 atom stereocenters. The van der Waals surface area contributed by atoms with Crippen molar-refractivity contribution in [3.05, 3.63) is 28.6 Å². The highest BCUT2D eigenvalue weighted by Gasteiger charge is 2.08. The Morgan fingerprint density at radius 3 is 2.92 bits per heavy atom. The molecule has 0 saturated heterocycles. The van der Waals surface area contributed by atoms with Gasteiger partial charge in [-0.1, -0.05) is 6.92 Å². The lowest BCUT2D eigenvalue weighted by Crippen LogP contribution is -1.84. The highest BCUT2D eigenvalue weighted by molar-refractivity contribution is 7.17. The fourth-order valence-corrected chi connectivity index (χ4v) is 2.62. The number of rotatable bonds is 1. The Hall–Kier alpha value is -1.02. The van der Waals surface area contributed by atoms with Crippen LogP contribution in [0.4, 0.5) is 0 Å². The van der Waals surface area contributed by atoms with E-state index in [9.17, 15) is 5.11 Å². The van der Waals surface area contributed by atoms with Gasteiger partial charge < -0.3 is 5.11 Å². The quantitative estimate of drug-likeness (QED) is 0.733. The molecule has 0 radical (unpaired) electrons. The van der Waals surface area contributed by atoms with Gasteiger partial charge in [0.05, 0.1) is 0 Å². The first kappa shape index (κ1) is 8.57. The first-order chi connectivity index (χ1) is 6.24. The van der Waals surface area contributed by atoms with E-state index in [1.807, 2.05) is 13.0 Å². The van der Waals surface area contributed by atoms with Crippen molar-refractivity contribution in [2.75, 3.05) is 0 Å². The molecule has 1 aromatic heterocycles. The summed E-state index contributed by atoms with van der Waals surface area (Å²) in [6.45, 7) is 4.11. The van der Waals surface area contributed by atoms with Crippen molar-refractivity contribution < 1.29 is 5.11 Å². The average molecular weight is 192 g/mol. The molecule has 0 aliphatic heterocycles. The van der Waals surface area contributed by atoms with Gasteiger partial charge in [-0.2, -0.15) is 0 Å². The molecule has 2 heteroatoms. The molecule has 1 heterocycles. The average Bonchev–Trinajstić information content (AvgIpc) is 2.53. The molecule has 2 rings (SSSR count). The Labute approximate surface area is 81.6 Å². The van der Waals surface area contributed by atoms with Gasteiger partial charge in [0, 0.05) is 10.3 Å². The Kier molecular flexibility index (Phi) is 2.00. The maximum atomic E-state index is 9.71. The monoisotopic (exact) mass is 192 g/mol. The van der Waals surface area contributed by atoms with E-state index < -0.39 is 0 Å². The predicted octanol–water partition coefficient (Wildman–Crippen LogP) is 3.48. The fourth-order valence-electron chi connectivity index (χ4n) is 1.72. The van der Waals surface area contributed by atoms with Crippen molar-refractivity contribution >= 4 is 21.4 Å². The molecule has 0 aliphatic rings. The predicted molar refractivity (Wildman–Crippen MR) is 57.6 cm³/mol. The maximum Gasteiger partial charge on any atom is 0.119 e. The van der Waals surface area contributed by atoms with Crippen LogP contribution in [-0.2, 0) is 6.42 Å². The number of hydrogen-bond acceptors (Lipinski definition) is 2. The summed E-state index contributed by atoms with van der Waals surface area (Å²) >= 11 is 1.74. The molecule has 68 valence electrons. The normalized spacial score (nSPS) is 10.9. The third-order valence-electron chi connectivity index (χ3n) is 2.36. The van der Waals surface area contributed by atoms with Crippen molar-refractivity contribution in [2.24, 2.45) is 0 Å². The summed E-state index contributed by atoms with van der Waals surface area (Å²) in [7, 11) is 0. The number of benzene rings is 1. The van der Waals surface area contributed by atoms with E-state index in [4.69, 9.17) is 0 Å². The van der Waals surface area contributed by atoms with Gasteiger partial charge in [0.1, 0.15) is 5.75 Å². The second-order valence-electron chi connectivity index (χ2n) is 3.21. The summed E-state index contributed by atoms with van der Waals surface area (Å²) in [6, 6.07) is 3.95. The lowest BCUT2D eigenvalue weighted by atomic mass is 10.0. The Bertz CT molecular complexity index is 443. The van der Waals surface area contributed by atoms with Crippen LogP contribution in [0.1, 0.15) is 18.1 Å². The van der Waals surface area contributed by atoms with Crippen molar-refractivity contribution in [3.8, 4) is 5.75 Å². The highest BCUT2D eigenvalue weighted by atomic mass is 32.1. The fraction of sp³-hybridized carbons (Fsp3) is 0.273. The zero-order valence-electron chi connectivity index (χ0n) is 7.79. The van der Waals surface area contributed by atoms with Gasteiger partial charge in [0.2, 0.25) is 0 Å². The van der Waals surface area contributed by atoms with Crippen LogP contribution in [0.5, 0.6) is 5.75 Å². The summed E-state index contributed by atoms with van der Waals surface area (Å²) < 4.78 is 1.30. The number of hydrogen-bond donors (Lipinski definition) is 1. The topological polar surface area (TPSA) is 20.2 Å². The smallest absolute Gasteiger partial charge is 0.119 e. The molecule has 0 spiro atoms. The standard InChI is InChI=1S/C11H12OS/c1-3-8-9-4-5-13-11(9)7(2)6-10(8)12/h4-6,12H,3H2,1-2H3. The Morgan fingerprint density at radius 1 is 1.46 bits per heavy atom. The molecule has 13 heavy (non-hydrogen) atoms. The number of aromatic hydroxyl groups is 1. The van der Waals surface area contributed by atoms with Crippen LogP contribution in [0.2, 0.25) is 0 Å². The van der Waals surface area contributed by atoms with Crippen LogP contribution in [0.25, 0.3) is 10.1 Å². The molecule has 0 bridgehead atoms. The summed E-state index contributed by atoms with van der Waals surface area (Å²) in [5.74, 6) is 0.436. The second-order valence-corrected chi connectivity index (χ2v) is 4.12. The van der Waals surface area contributed by atoms with E-state index in [0.717, 1.165) is 12.0 Å². The van der Waals surface area contributed by atoms with Crippen molar-refractivity contribution in [3.63, 3.8) is 0 Å². The number of fused-ring (bicyclic) bond motifs is 1. The van der Waals surface area contributed by atoms with Crippen LogP contribution >= 0.6 is 11.3 Å². The van der Waals surface area contributed by atoms with Gasteiger partial charge in [-0.15, -0.1) is 11.3 Å². The first-order valence-electron chi connectivity index (χ1n) is 4.42. The Balaban J connectivity index is 2.88.